The van der Waals surface area contributed by atoms with E-state index in [9.17, 15) is 4.79 Å². The van der Waals surface area contributed by atoms with Crippen molar-refractivity contribution in [2.45, 2.75) is 0 Å². The first-order chi connectivity index (χ1) is 15.2. The monoisotopic (exact) mass is 422 g/mol. The highest BCUT2D eigenvalue weighted by molar-refractivity contribution is 5.94. The number of rotatable bonds is 11. The SMILES string of the molecule is COc1ccc(OC)c(NCC(=O)Nc2cccc(OCCOc3ccccc3)c2)c1. The molecule has 7 heteroatoms. The van der Waals surface area contributed by atoms with E-state index in [2.05, 4.69) is 10.6 Å². The average Bonchev–Trinajstić information content (AvgIpc) is 2.81. The van der Waals surface area contributed by atoms with Crippen molar-refractivity contribution in [2.24, 2.45) is 0 Å². The molecule has 0 saturated heterocycles. The molecular weight excluding hydrogens is 396 g/mol. The quantitative estimate of drug-likeness (QED) is 0.451. The fraction of sp³-hybridized carbons (Fsp3) is 0.208. The standard InChI is InChI=1S/C24H26N2O5/c1-28-20-11-12-23(29-2)22(16-20)25-17-24(27)26-18-7-6-10-21(15-18)31-14-13-30-19-8-4-3-5-9-19/h3-12,15-16,25H,13-14,17H2,1-2H3,(H,26,27). The minimum Gasteiger partial charge on any atom is -0.497 e. The van der Waals surface area contributed by atoms with Gasteiger partial charge in [-0.2, -0.15) is 0 Å². The first kappa shape index (κ1) is 21.8. The third-order valence-electron chi connectivity index (χ3n) is 4.33. The van der Waals surface area contributed by atoms with Crippen LogP contribution < -0.4 is 29.6 Å². The molecule has 1 amide bonds. The van der Waals surface area contributed by atoms with Crippen molar-refractivity contribution >= 4 is 17.3 Å². The van der Waals surface area contributed by atoms with Crippen LogP contribution in [0.5, 0.6) is 23.0 Å². The summed E-state index contributed by atoms with van der Waals surface area (Å²) < 4.78 is 21.8. The Morgan fingerprint density at radius 2 is 1.52 bits per heavy atom. The second kappa shape index (κ2) is 11.3. The number of benzene rings is 3. The van der Waals surface area contributed by atoms with Gasteiger partial charge >= 0.3 is 0 Å². The van der Waals surface area contributed by atoms with E-state index in [-0.39, 0.29) is 12.5 Å². The Kier molecular flexibility index (Phi) is 7.99. The maximum absolute atomic E-state index is 12.4. The van der Waals surface area contributed by atoms with Crippen LogP contribution in [0.3, 0.4) is 0 Å². The van der Waals surface area contributed by atoms with Crippen molar-refractivity contribution in [3.63, 3.8) is 0 Å². The molecule has 0 aliphatic carbocycles. The Labute approximate surface area is 181 Å². The Morgan fingerprint density at radius 1 is 0.774 bits per heavy atom. The molecule has 31 heavy (non-hydrogen) atoms. The van der Waals surface area contributed by atoms with E-state index < -0.39 is 0 Å². The smallest absolute Gasteiger partial charge is 0.243 e. The van der Waals surface area contributed by atoms with E-state index in [0.717, 1.165) is 5.75 Å². The molecule has 0 spiro atoms. The summed E-state index contributed by atoms with van der Waals surface area (Å²) >= 11 is 0. The van der Waals surface area contributed by atoms with Crippen LogP contribution in [0.25, 0.3) is 0 Å². The molecule has 0 radical (unpaired) electrons. The lowest BCUT2D eigenvalue weighted by molar-refractivity contribution is -0.114. The maximum Gasteiger partial charge on any atom is 0.243 e. The molecule has 2 N–H and O–H groups in total. The fourth-order valence-electron chi connectivity index (χ4n) is 2.83. The van der Waals surface area contributed by atoms with Gasteiger partial charge in [-0.1, -0.05) is 24.3 Å². The molecule has 3 rings (SSSR count). The lowest BCUT2D eigenvalue weighted by Crippen LogP contribution is -2.22. The number of carbonyl (C=O) groups excluding carboxylic acids is 1. The summed E-state index contributed by atoms with van der Waals surface area (Å²) in [5.41, 5.74) is 1.32. The number of anilines is 2. The predicted octanol–water partition coefficient (Wildman–Crippen LogP) is 4.21. The molecule has 0 bridgehead atoms. The highest BCUT2D eigenvalue weighted by Crippen LogP contribution is 2.28. The molecule has 162 valence electrons. The zero-order chi connectivity index (χ0) is 21.9. The van der Waals surface area contributed by atoms with E-state index in [1.54, 1.807) is 44.6 Å². The second-order valence-electron chi connectivity index (χ2n) is 6.51. The number of ether oxygens (including phenoxy) is 4. The van der Waals surface area contributed by atoms with E-state index in [1.807, 2.05) is 42.5 Å². The third-order valence-corrected chi connectivity index (χ3v) is 4.33. The van der Waals surface area contributed by atoms with Crippen molar-refractivity contribution < 1.29 is 23.7 Å². The molecule has 0 saturated carbocycles. The van der Waals surface area contributed by atoms with Crippen LogP contribution in [0.4, 0.5) is 11.4 Å². The van der Waals surface area contributed by atoms with Gasteiger partial charge in [0.25, 0.3) is 0 Å². The second-order valence-corrected chi connectivity index (χ2v) is 6.51. The predicted molar refractivity (Wildman–Crippen MR) is 121 cm³/mol. The summed E-state index contributed by atoms with van der Waals surface area (Å²) in [7, 11) is 3.16. The molecule has 0 atom stereocenters. The van der Waals surface area contributed by atoms with Gasteiger partial charge in [-0.25, -0.2) is 0 Å². The molecule has 0 unspecified atom stereocenters. The van der Waals surface area contributed by atoms with Gasteiger partial charge < -0.3 is 29.6 Å². The number of para-hydroxylation sites is 1. The highest BCUT2D eigenvalue weighted by atomic mass is 16.5. The van der Waals surface area contributed by atoms with Crippen LogP contribution in [0.15, 0.2) is 72.8 Å². The highest BCUT2D eigenvalue weighted by Gasteiger charge is 2.08. The summed E-state index contributed by atoms with van der Waals surface area (Å²) in [5.74, 6) is 2.55. The number of nitrogens with one attached hydrogen (secondary N) is 2. The number of methoxy groups -OCH3 is 2. The summed E-state index contributed by atoms with van der Waals surface area (Å²) in [5, 5.41) is 5.92. The number of hydrogen-bond acceptors (Lipinski definition) is 6. The summed E-state index contributed by atoms with van der Waals surface area (Å²) in [4.78, 5) is 12.4. The van der Waals surface area contributed by atoms with Gasteiger partial charge in [-0.15, -0.1) is 0 Å². The number of carbonyl (C=O) groups is 1. The van der Waals surface area contributed by atoms with Crippen molar-refractivity contribution in [3.05, 3.63) is 72.8 Å². The van der Waals surface area contributed by atoms with Crippen molar-refractivity contribution in [2.75, 3.05) is 44.6 Å². The molecule has 7 nitrogen and oxygen atoms in total. The molecule has 0 heterocycles. The maximum atomic E-state index is 12.4. The molecule has 0 aliphatic heterocycles. The van der Waals surface area contributed by atoms with Crippen LogP contribution in [0.2, 0.25) is 0 Å². The molecule has 3 aromatic carbocycles. The van der Waals surface area contributed by atoms with E-state index >= 15 is 0 Å². The Hall–Kier alpha value is -3.87. The molecule has 0 fully saturated rings. The topological polar surface area (TPSA) is 78.1 Å². The lowest BCUT2D eigenvalue weighted by atomic mass is 10.2. The van der Waals surface area contributed by atoms with E-state index in [1.165, 1.54) is 0 Å². The Bertz CT molecular complexity index is 979. The van der Waals surface area contributed by atoms with Crippen molar-refractivity contribution in [1.29, 1.82) is 0 Å². The zero-order valence-corrected chi connectivity index (χ0v) is 17.6. The van der Waals surface area contributed by atoms with Gasteiger partial charge in [-0.3, -0.25) is 4.79 Å². The number of hydrogen-bond donors (Lipinski definition) is 2. The van der Waals surface area contributed by atoms with Crippen molar-refractivity contribution in [1.82, 2.24) is 0 Å². The number of amides is 1. The van der Waals surface area contributed by atoms with Crippen LogP contribution in [-0.4, -0.2) is 39.9 Å². The average molecular weight is 422 g/mol. The van der Waals surface area contributed by atoms with Gasteiger partial charge in [0, 0.05) is 17.8 Å². The van der Waals surface area contributed by atoms with Crippen LogP contribution >= 0.6 is 0 Å². The van der Waals surface area contributed by atoms with E-state index in [0.29, 0.717) is 41.8 Å². The molecule has 0 aliphatic rings. The van der Waals surface area contributed by atoms with Crippen LogP contribution in [0.1, 0.15) is 0 Å². The molecule has 0 aromatic heterocycles. The Morgan fingerprint density at radius 3 is 2.26 bits per heavy atom. The first-order valence-electron chi connectivity index (χ1n) is 9.84. The molecular formula is C24H26N2O5. The molecule has 3 aromatic rings. The van der Waals surface area contributed by atoms with Crippen LogP contribution in [0, 0.1) is 0 Å². The minimum absolute atomic E-state index is 0.0690. The van der Waals surface area contributed by atoms with Crippen molar-refractivity contribution in [3.8, 4) is 23.0 Å². The largest absolute Gasteiger partial charge is 0.497 e. The van der Waals surface area contributed by atoms with Gasteiger partial charge in [0.15, 0.2) is 0 Å². The van der Waals surface area contributed by atoms with Gasteiger partial charge in [-0.05, 0) is 36.4 Å². The van der Waals surface area contributed by atoms with Crippen LogP contribution in [-0.2, 0) is 4.79 Å². The minimum atomic E-state index is -0.200. The lowest BCUT2D eigenvalue weighted by Gasteiger charge is -2.13. The third kappa shape index (κ3) is 6.85. The fourth-order valence-corrected chi connectivity index (χ4v) is 2.83. The summed E-state index contributed by atoms with van der Waals surface area (Å²) in [6, 6.07) is 22.1. The zero-order valence-electron chi connectivity index (χ0n) is 17.6. The summed E-state index contributed by atoms with van der Waals surface area (Å²) in [6.07, 6.45) is 0. The Balaban J connectivity index is 1.47. The van der Waals surface area contributed by atoms with Gasteiger partial charge in [0.05, 0.1) is 26.5 Å². The van der Waals surface area contributed by atoms with E-state index in [4.69, 9.17) is 18.9 Å². The normalized spacial score (nSPS) is 10.1. The summed E-state index contributed by atoms with van der Waals surface area (Å²) in [6.45, 7) is 0.885. The van der Waals surface area contributed by atoms with Gasteiger partial charge in [0.2, 0.25) is 5.91 Å². The first-order valence-corrected chi connectivity index (χ1v) is 9.84. The van der Waals surface area contributed by atoms with Gasteiger partial charge in [0.1, 0.15) is 36.2 Å².